The number of rotatable bonds is 1. The van der Waals surface area contributed by atoms with Crippen molar-refractivity contribution in [2.24, 2.45) is 0 Å². The zero-order valence-corrected chi connectivity index (χ0v) is 9.05. The molecule has 5 heteroatoms. The first-order valence-corrected chi connectivity index (χ1v) is 5.48. The van der Waals surface area contributed by atoms with Crippen molar-refractivity contribution >= 4 is 33.3 Å². The predicted octanol–water partition coefficient (Wildman–Crippen LogP) is 3.60. The minimum atomic E-state index is 0.622. The van der Waals surface area contributed by atoms with E-state index in [2.05, 4.69) is 9.97 Å². The number of fused-ring (bicyclic) bond motifs is 1. The molecule has 0 N–H and O–H groups in total. The van der Waals surface area contributed by atoms with Gasteiger partial charge in [0.15, 0.2) is 16.4 Å². The van der Waals surface area contributed by atoms with E-state index in [9.17, 15) is 0 Å². The monoisotopic (exact) mass is 236 g/mol. The Hall–Kier alpha value is -1.39. The molecule has 0 saturated heterocycles. The highest BCUT2D eigenvalue weighted by atomic mass is 35.5. The number of hydrogen-bond acceptors (Lipinski definition) is 4. The summed E-state index contributed by atoms with van der Waals surface area (Å²) in [6.45, 7) is 0. The van der Waals surface area contributed by atoms with Crippen molar-refractivity contribution in [2.45, 2.75) is 0 Å². The topological polar surface area (TPSA) is 38.9 Å². The van der Waals surface area contributed by atoms with Gasteiger partial charge in [-0.1, -0.05) is 11.6 Å². The second-order valence-electron chi connectivity index (χ2n) is 2.97. The van der Waals surface area contributed by atoms with Gasteiger partial charge < -0.3 is 4.42 Å². The second-order valence-corrected chi connectivity index (χ2v) is 4.44. The fourth-order valence-electron chi connectivity index (χ4n) is 1.30. The molecule has 0 bridgehead atoms. The first-order valence-electron chi connectivity index (χ1n) is 4.29. The van der Waals surface area contributed by atoms with Crippen molar-refractivity contribution in [1.29, 1.82) is 0 Å². The number of aromatic nitrogens is 2. The smallest absolute Gasteiger partial charge is 0.171 e. The number of thiazole rings is 1. The fraction of sp³-hybridized carbons (Fsp3) is 0. The summed E-state index contributed by atoms with van der Waals surface area (Å²) in [6, 6.07) is 5.56. The molecule has 0 aliphatic carbocycles. The molecule has 3 nitrogen and oxygen atoms in total. The van der Waals surface area contributed by atoms with Crippen LogP contribution in [0.15, 0.2) is 35.1 Å². The Morgan fingerprint density at radius 3 is 3.13 bits per heavy atom. The van der Waals surface area contributed by atoms with E-state index < -0.39 is 0 Å². The van der Waals surface area contributed by atoms with Crippen LogP contribution in [0.3, 0.4) is 0 Å². The molecule has 3 aromatic heterocycles. The predicted molar refractivity (Wildman–Crippen MR) is 60.1 cm³/mol. The largest absolute Gasteiger partial charge is 0.462 e. The molecule has 0 aliphatic rings. The lowest BCUT2D eigenvalue weighted by Gasteiger charge is -1.85. The molecule has 0 radical (unpaired) electrons. The van der Waals surface area contributed by atoms with Gasteiger partial charge in [0.25, 0.3) is 0 Å². The molecule has 0 aliphatic heterocycles. The van der Waals surface area contributed by atoms with Crippen LogP contribution < -0.4 is 0 Å². The van der Waals surface area contributed by atoms with Gasteiger partial charge in [-0.15, -0.1) is 11.3 Å². The highest BCUT2D eigenvalue weighted by Gasteiger charge is 2.09. The van der Waals surface area contributed by atoms with E-state index >= 15 is 0 Å². The Morgan fingerprint density at radius 1 is 1.40 bits per heavy atom. The van der Waals surface area contributed by atoms with Gasteiger partial charge >= 0.3 is 0 Å². The highest BCUT2D eigenvalue weighted by molar-refractivity contribution is 7.21. The molecule has 0 spiro atoms. The maximum absolute atomic E-state index is 5.85. The number of pyridine rings is 1. The zero-order chi connectivity index (χ0) is 10.3. The third-order valence-electron chi connectivity index (χ3n) is 1.95. The van der Waals surface area contributed by atoms with Crippen molar-refractivity contribution in [1.82, 2.24) is 9.97 Å². The van der Waals surface area contributed by atoms with Gasteiger partial charge in [0.05, 0.1) is 16.0 Å². The molecule has 74 valence electrons. The normalized spacial score (nSPS) is 11.0. The zero-order valence-electron chi connectivity index (χ0n) is 7.48. The van der Waals surface area contributed by atoms with E-state index in [1.807, 2.05) is 18.2 Å². The van der Waals surface area contributed by atoms with Crippen LogP contribution in [0.25, 0.3) is 21.1 Å². The average molecular weight is 237 g/mol. The van der Waals surface area contributed by atoms with E-state index in [0.29, 0.717) is 10.7 Å². The summed E-state index contributed by atoms with van der Waals surface area (Å²) in [6.07, 6.45) is 3.22. The fourth-order valence-corrected chi connectivity index (χ4v) is 2.46. The van der Waals surface area contributed by atoms with Gasteiger partial charge in [-0.2, -0.15) is 0 Å². The van der Waals surface area contributed by atoms with E-state index in [1.54, 1.807) is 12.5 Å². The van der Waals surface area contributed by atoms with Crippen molar-refractivity contribution < 1.29 is 4.42 Å². The molecule has 0 saturated carbocycles. The van der Waals surface area contributed by atoms with Crippen molar-refractivity contribution in [3.63, 3.8) is 0 Å². The Bertz CT molecular complexity index is 603. The van der Waals surface area contributed by atoms with Gasteiger partial charge in [0, 0.05) is 6.20 Å². The second kappa shape index (κ2) is 3.32. The van der Waals surface area contributed by atoms with Crippen molar-refractivity contribution in [2.75, 3.05) is 0 Å². The Labute approximate surface area is 94.3 Å². The minimum absolute atomic E-state index is 0.622. The van der Waals surface area contributed by atoms with Gasteiger partial charge in [0.1, 0.15) is 0 Å². The third kappa shape index (κ3) is 1.52. The van der Waals surface area contributed by atoms with Crippen LogP contribution in [0.1, 0.15) is 0 Å². The Kier molecular flexibility index (Phi) is 1.97. The number of hydrogen-bond donors (Lipinski definition) is 0. The summed E-state index contributed by atoms with van der Waals surface area (Å²) in [5.41, 5.74) is 0.704. The van der Waals surface area contributed by atoms with Crippen molar-refractivity contribution in [3.05, 3.63) is 35.7 Å². The first kappa shape index (κ1) is 8.88. The molecule has 0 fully saturated rings. The molecular formula is C10H5ClN2OS. The summed E-state index contributed by atoms with van der Waals surface area (Å²) in [4.78, 5) is 8.49. The van der Waals surface area contributed by atoms with Crippen LogP contribution in [-0.4, -0.2) is 9.97 Å². The van der Waals surface area contributed by atoms with Gasteiger partial charge in [-0.05, 0) is 18.2 Å². The van der Waals surface area contributed by atoms with Gasteiger partial charge in [-0.3, -0.25) is 0 Å². The lowest BCUT2D eigenvalue weighted by atomic mass is 10.4. The van der Waals surface area contributed by atoms with Gasteiger partial charge in [0.2, 0.25) is 0 Å². The average Bonchev–Trinajstić information content (AvgIpc) is 2.84. The van der Waals surface area contributed by atoms with Crippen molar-refractivity contribution in [3.8, 4) is 10.8 Å². The summed E-state index contributed by atoms with van der Waals surface area (Å²) in [5, 5.41) is 1.45. The number of furan rings is 1. The lowest BCUT2D eigenvalue weighted by molar-refractivity contribution is 0.582. The maximum Gasteiger partial charge on any atom is 0.171 e. The molecular weight excluding hydrogens is 232 g/mol. The van der Waals surface area contributed by atoms with Crippen LogP contribution in [0.2, 0.25) is 5.02 Å². The lowest BCUT2D eigenvalue weighted by Crippen LogP contribution is -1.75. The molecule has 0 aromatic carbocycles. The maximum atomic E-state index is 5.85. The van der Waals surface area contributed by atoms with Crippen LogP contribution in [0.5, 0.6) is 0 Å². The molecule has 3 heterocycles. The van der Waals surface area contributed by atoms with Crippen LogP contribution in [-0.2, 0) is 0 Å². The molecule has 0 amide bonds. The van der Waals surface area contributed by atoms with E-state index in [-0.39, 0.29) is 0 Å². The highest BCUT2D eigenvalue weighted by Crippen LogP contribution is 2.30. The number of nitrogens with zero attached hydrogens (tertiary/aromatic N) is 2. The van der Waals surface area contributed by atoms with Crippen LogP contribution in [0, 0.1) is 0 Å². The Balaban J connectivity index is 2.22. The summed E-state index contributed by atoms with van der Waals surface area (Å²) >= 11 is 7.36. The molecule has 3 rings (SSSR count). The molecule has 0 unspecified atom stereocenters. The Morgan fingerprint density at radius 2 is 2.33 bits per heavy atom. The van der Waals surface area contributed by atoms with Crippen LogP contribution in [0.4, 0.5) is 0 Å². The van der Waals surface area contributed by atoms with Gasteiger partial charge in [-0.25, -0.2) is 9.97 Å². The van der Waals surface area contributed by atoms with E-state index in [4.69, 9.17) is 16.0 Å². The molecule has 0 atom stereocenters. The third-order valence-corrected chi connectivity index (χ3v) is 3.16. The van der Waals surface area contributed by atoms with E-state index in [0.717, 1.165) is 15.5 Å². The first-order chi connectivity index (χ1) is 7.33. The number of halogens is 1. The summed E-state index contributed by atoms with van der Waals surface area (Å²) in [5.74, 6) is 0.758. The minimum Gasteiger partial charge on any atom is -0.462 e. The quantitative estimate of drug-likeness (QED) is 0.648. The molecule has 15 heavy (non-hydrogen) atoms. The SMILES string of the molecule is Clc1cnc2nc(-c3ccco3)sc2c1. The molecule has 3 aromatic rings. The standard InChI is InChI=1S/C10H5ClN2OS/c11-6-4-8-9(12-5-6)13-10(15-8)7-2-1-3-14-7/h1-5H. The van der Waals surface area contributed by atoms with E-state index in [1.165, 1.54) is 11.3 Å². The summed E-state index contributed by atoms with van der Waals surface area (Å²) in [7, 11) is 0. The van der Waals surface area contributed by atoms with Crippen LogP contribution >= 0.6 is 22.9 Å². The summed E-state index contributed by atoms with van der Waals surface area (Å²) < 4.78 is 6.23.